The van der Waals surface area contributed by atoms with E-state index in [0.29, 0.717) is 0 Å². The third-order valence-electron chi connectivity index (χ3n) is 2.50. The molecule has 0 aliphatic heterocycles. The van der Waals surface area contributed by atoms with E-state index in [1.807, 2.05) is 30.3 Å². The maximum absolute atomic E-state index is 10.9. The van der Waals surface area contributed by atoms with Crippen molar-refractivity contribution < 1.29 is 9.90 Å². The van der Waals surface area contributed by atoms with Crippen LogP contribution in [0.4, 0.5) is 0 Å². The van der Waals surface area contributed by atoms with Gasteiger partial charge in [0.15, 0.2) is 0 Å². The molecule has 0 spiro atoms. The summed E-state index contributed by atoms with van der Waals surface area (Å²) >= 11 is 0. The smallest absolute Gasteiger partial charge is 0.375 e. The summed E-state index contributed by atoms with van der Waals surface area (Å²) in [5.74, 6) is -1.15. The maximum atomic E-state index is 10.9. The van der Waals surface area contributed by atoms with Crippen molar-refractivity contribution in [2.45, 2.75) is 0 Å². The second kappa shape index (κ2) is 3.92. The van der Waals surface area contributed by atoms with Gasteiger partial charge in [0.1, 0.15) is 0 Å². The van der Waals surface area contributed by atoms with Crippen molar-refractivity contribution >= 4 is 11.7 Å². The fraction of sp³-hybridized carbons (Fsp3) is 0. The van der Waals surface area contributed by atoms with Gasteiger partial charge in [-0.3, -0.25) is 0 Å². The number of rotatable bonds is 2. The van der Waals surface area contributed by atoms with Gasteiger partial charge < -0.3 is 5.11 Å². The predicted octanol–water partition coefficient (Wildman–Crippen LogP) is 1.49. The standard InChI is InChI=1S/C12H8N4O2/c17-11(18)10-14-12-13-7-6-9(16(12)15-10)8-4-2-1-3-5-8/h1-7H,(H,17,18). The van der Waals surface area contributed by atoms with E-state index in [-0.39, 0.29) is 11.6 Å². The number of benzene rings is 1. The van der Waals surface area contributed by atoms with Crippen molar-refractivity contribution in [3.63, 3.8) is 0 Å². The van der Waals surface area contributed by atoms with E-state index in [4.69, 9.17) is 5.11 Å². The Kier molecular flexibility index (Phi) is 2.26. The Morgan fingerprint density at radius 1 is 1.17 bits per heavy atom. The molecule has 1 aromatic carbocycles. The first kappa shape index (κ1) is 10.4. The van der Waals surface area contributed by atoms with E-state index in [1.54, 1.807) is 12.3 Å². The summed E-state index contributed by atoms with van der Waals surface area (Å²) in [7, 11) is 0. The molecule has 88 valence electrons. The molecule has 0 saturated heterocycles. The van der Waals surface area contributed by atoms with E-state index >= 15 is 0 Å². The Labute approximate surface area is 102 Å². The average Bonchev–Trinajstić information content (AvgIpc) is 2.83. The van der Waals surface area contributed by atoms with Crippen LogP contribution in [0.25, 0.3) is 17.0 Å². The van der Waals surface area contributed by atoms with Crippen LogP contribution < -0.4 is 0 Å². The van der Waals surface area contributed by atoms with Crippen LogP contribution in [0.1, 0.15) is 10.6 Å². The van der Waals surface area contributed by atoms with E-state index in [2.05, 4.69) is 15.1 Å². The molecule has 3 rings (SSSR count). The molecule has 6 nitrogen and oxygen atoms in total. The van der Waals surface area contributed by atoms with E-state index in [0.717, 1.165) is 11.3 Å². The third kappa shape index (κ3) is 1.60. The zero-order valence-electron chi connectivity index (χ0n) is 9.19. The average molecular weight is 240 g/mol. The first-order chi connectivity index (χ1) is 8.75. The van der Waals surface area contributed by atoms with Crippen LogP contribution in [0.5, 0.6) is 0 Å². The Morgan fingerprint density at radius 2 is 1.94 bits per heavy atom. The molecule has 0 radical (unpaired) electrons. The number of nitrogens with zero attached hydrogens (tertiary/aromatic N) is 4. The third-order valence-corrected chi connectivity index (χ3v) is 2.50. The molecule has 6 heteroatoms. The molecule has 18 heavy (non-hydrogen) atoms. The summed E-state index contributed by atoms with van der Waals surface area (Å²) in [6.07, 6.45) is 1.58. The highest BCUT2D eigenvalue weighted by Gasteiger charge is 2.14. The Bertz CT molecular complexity index is 721. The molecule has 0 fully saturated rings. The molecule has 0 aliphatic carbocycles. The van der Waals surface area contributed by atoms with E-state index in [9.17, 15) is 4.79 Å². The van der Waals surface area contributed by atoms with Crippen molar-refractivity contribution in [1.82, 2.24) is 19.6 Å². The number of carboxylic acids is 1. The van der Waals surface area contributed by atoms with Gasteiger partial charge in [0, 0.05) is 11.8 Å². The van der Waals surface area contributed by atoms with Gasteiger partial charge in [-0.2, -0.15) is 9.50 Å². The van der Waals surface area contributed by atoms with Crippen molar-refractivity contribution in [3.05, 3.63) is 48.4 Å². The normalized spacial score (nSPS) is 10.7. The number of aromatic nitrogens is 4. The zero-order valence-corrected chi connectivity index (χ0v) is 9.19. The minimum absolute atomic E-state index is 0.258. The molecule has 0 aliphatic rings. The zero-order chi connectivity index (χ0) is 12.5. The van der Waals surface area contributed by atoms with Gasteiger partial charge in [0.2, 0.25) is 0 Å². The largest absolute Gasteiger partial charge is 0.475 e. The molecular formula is C12H8N4O2. The van der Waals surface area contributed by atoms with Crippen LogP contribution in [0.3, 0.4) is 0 Å². The number of carboxylic acid groups (broad SMARTS) is 1. The summed E-state index contributed by atoms with van der Waals surface area (Å²) in [5.41, 5.74) is 1.67. The fourth-order valence-electron chi connectivity index (χ4n) is 1.71. The Morgan fingerprint density at radius 3 is 2.67 bits per heavy atom. The molecule has 0 saturated carbocycles. The molecule has 3 aromatic rings. The summed E-state index contributed by atoms with van der Waals surface area (Å²) in [6, 6.07) is 11.3. The second-order valence-electron chi connectivity index (χ2n) is 3.65. The highest BCUT2D eigenvalue weighted by atomic mass is 16.4. The highest BCUT2D eigenvalue weighted by Crippen LogP contribution is 2.18. The Balaban J connectivity index is 2.27. The number of hydrogen-bond donors (Lipinski definition) is 1. The van der Waals surface area contributed by atoms with Gasteiger partial charge >= 0.3 is 5.97 Å². The van der Waals surface area contributed by atoms with Gasteiger partial charge in [0.25, 0.3) is 11.6 Å². The van der Waals surface area contributed by atoms with Crippen LogP contribution in [0.2, 0.25) is 0 Å². The first-order valence-electron chi connectivity index (χ1n) is 5.26. The molecule has 0 unspecified atom stereocenters. The minimum atomic E-state index is -1.17. The number of carbonyl (C=O) groups is 1. The molecule has 1 N–H and O–H groups in total. The van der Waals surface area contributed by atoms with Gasteiger partial charge in [-0.05, 0) is 6.07 Å². The second-order valence-corrected chi connectivity index (χ2v) is 3.65. The summed E-state index contributed by atoms with van der Waals surface area (Å²) < 4.78 is 1.43. The van der Waals surface area contributed by atoms with Crippen LogP contribution in [-0.4, -0.2) is 30.7 Å². The highest BCUT2D eigenvalue weighted by molar-refractivity contribution is 5.83. The minimum Gasteiger partial charge on any atom is -0.475 e. The molecular weight excluding hydrogens is 232 g/mol. The number of aromatic carboxylic acids is 1. The van der Waals surface area contributed by atoms with E-state index in [1.165, 1.54) is 4.52 Å². The number of fused-ring (bicyclic) bond motifs is 1. The molecule has 0 bridgehead atoms. The quantitative estimate of drug-likeness (QED) is 0.734. The van der Waals surface area contributed by atoms with Crippen molar-refractivity contribution in [2.24, 2.45) is 0 Å². The molecule has 2 aromatic heterocycles. The van der Waals surface area contributed by atoms with Crippen molar-refractivity contribution in [3.8, 4) is 11.3 Å². The van der Waals surface area contributed by atoms with Crippen molar-refractivity contribution in [1.29, 1.82) is 0 Å². The summed E-state index contributed by atoms with van der Waals surface area (Å²) in [5, 5.41) is 12.8. The first-order valence-corrected chi connectivity index (χ1v) is 5.26. The lowest BCUT2D eigenvalue weighted by Gasteiger charge is -2.02. The predicted molar refractivity (Wildman–Crippen MR) is 63.2 cm³/mol. The van der Waals surface area contributed by atoms with Crippen molar-refractivity contribution in [2.75, 3.05) is 0 Å². The van der Waals surface area contributed by atoms with Gasteiger partial charge in [-0.1, -0.05) is 30.3 Å². The van der Waals surface area contributed by atoms with Crippen LogP contribution in [-0.2, 0) is 0 Å². The molecule has 0 amide bonds. The Hall–Kier alpha value is -2.76. The SMILES string of the molecule is O=C(O)c1nc2nccc(-c3ccccc3)n2n1. The van der Waals surface area contributed by atoms with Gasteiger partial charge in [-0.25, -0.2) is 9.78 Å². The molecule has 2 heterocycles. The van der Waals surface area contributed by atoms with Gasteiger partial charge in [0.05, 0.1) is 5.69 Å². The summed E-state index contributed by atoms with van der Waals surface area (Å²) in [6.45, 7) is 0. The fourth-order valence-corrected chi connectivity index (χ4v) is 1.71. The van der Waals surface area contributed by atoms with E-state index < -0.39 is 5.97 Å². The monoisotopic (exact) mass is 240 g/mol. The maximum Gasteiger partial charge on any atom is 0.375 e. The topological polar surface area (TPSA) is 80.4 Å². The lowest BCUT2D eigenvalue weighted by molar-refractivity contribution is 0.0684. The van der Waals surface area contributed by atoms with Crippen LogP contribution in [0, 0.1) is 0 Å². The van der Waals surface area contributed by atoms with Crippen LogP contribution in [0.15, 0.2) is 42.6 Å². The van der Waals surface area contributed by atoms with Crippen LogP contribution >= 0.6 is 0 Å². The lowest BCUT2D eigenvalue weighted by Crippen LogP contribution is -2.00. The lowest BCUT2D eigenvalue weighted by atomic mass is 10.1. The van der Waals surface area contributed by atoms with Gasteiger partial charge in [-0.15, -0.1) is 5.10 Å². The number of hydrogen-bond acceptors (Lipinski definition) is 4. The molecule has 0 atom stereocenters. The summed E-state index contributed by atoms with van der Waals surface area (Å²) in [4.78, 5) is 18.7.